The van der Waals surface area contributed by atoms with Gasteiger partial charge in [-0.2, -0.15) is 5.26 Å². The van der Waals surface area contributed by atoms with Gasteiger partial charge in [0.25, 0.3) is 0 Å². The van der Waals surface area contributed by atoms with Gasteiger partial charge < -0.3 is 9.47 Å². The van der Waals surface area contributed by atoms with Crippen LogP contribution in [0.3, 0.4) is 0 Å². The maximum Gasteiger partial charge on any atom is 0.157 e. The summed E-state index contributed by atoms with van der Waals surface area (Å²) in [6, 6.07) is 6.53. The molecule has 0 spiro atoms. The Labute approximate surface area is 132 Å². The summed E-state index contributed by atoms with van der Waals surface area (Å²) < 4.78 is 25.3. The van der Waals surface area contributed by atoms with Crippen molar-refractivity contribution in [3.63, 3.8) is 0 Å². The summed E-state index contributed by atoms with van der Waals surface area (Å²) in [4.78, 5) is 0. The van der Waals surface area contributed by atoms with Crippen molar-refractivity contribution in [1.82, 2.24) is 0 Å². The summed E-state index contributed by atoms with van der Waals surface area (Å²) in [5.74, 6) is 0.168. The molecule has 4 heteroatoms. The Morgan fingerprint density at radius 3 is 2.64 bits per heavy atom. The van der Waals surface area contributed by atoms with E-state index in [-0.39, 0.29) is 12.1 Å². The van der Waals surface area contributed by atoms with Crippen LogP contribution in [0.2, 0.25) is 0 Å². The summed E-state index contributed by atoms with van der Waals surface area (Å²) in [5, 5.41) is 8.73. The minimum absolute atomic E-state index is 0.238. The molecule has 120 valence electrons. The smallest absolute Gasteiger partial charge is 0.157 e. The number of nitriles is 1. The fraction of sp³-hybridized carbons (Fsp3) is 0.611. The van der Waals surface area contributed by atoms with Gasteiger partial charge in [-0.1, -0.05) is 32.3 Å². The summed E-state index contributed by atoms with van der Waals surface area (Å²) in [6.07, 6.45) is 5.84. The second kappa shape index (κ2) is 8.87. The molecule has 0 saturated carbocycles. The molecule has 2 rings (SSSR count). The number of nitrogens with zero attached hydrogens (tertiary/aromatic N) is 1. The van der Waals surface area contributed by atoms with Crippen molar-refractivity contribution in [3.8, 4) is 6.07 Å². The van der Waals surface area contributed by atoms with E-state index in [1.54, 1.807) is 12.1 Å². The van der Waals surface area contributed by atoms with Crippen LogP contribution < -0.4 is 0 Å². The fourth-order valence-corrected chi connectivity index (χ4v) is 2.69. The van der Waals surface area contributed by atoms with E-state index in [4.69, 9.17) is 14.7 Å². The molecule has 0 bridgehead atoms. The predicted octanol–water partition coefficient (Wildman–Crippen LogP) is 4.20. The first-order valence-corrected chi connectivity index (χ1v) is 8.14. The van der Waals surface area contributed by atoms with Crippen molar-refractivity contribution in [2.75, 3.05) is 13.2 Å². The lowest BCUT2D eigenvalue weighted by atomic mass is 10.0. The molecule has 0 N–H and O–H groups in total. The first kappa shape index (κ1) is 16.9. The average Bonchev–Trinajstić information content (AvgIpc) is 2.55. The SMILES string of the molecule is CCCCCC1COC(CCc2ccc(C#N)cc2F)OC1. The molecular formula is C18H24FNO2. The summed E-state index contributed by atoms with van der Waals surface area (Å²) in [6.45, 7) is 3.68. The van der Waals surface area contributed by atoms with Crippen LogP contribution in [0.25, 0.3) is 0 Å². The van der Waals surface area contributed by atoms with Crippen molar-refractivity contribution in [1.29, 1.82) is 5.26 Å². The fourth-order valence-electron chi connectivity index (χ4n) is 2.69. The number of ether oxygens (including phenoxy) is 2. The Morgan fingerprint density at radius 1 is 1.23 bits per heavy atom. The van der Waals surface area contributed by atoms with E-state index in [1.807, 2.05) is 6.07 Å². The summed E-state index contributed by atoms with van der Waals surface area (Å²) in [5.41, 5.74) is 0.956. The van der Waals surface area contributed by atoms with E-state index in [9.17, 15) is 4.39 Å². The Hall–Kier alpha value is -1.44. The lowest BCUT2D eigenvalue weighted by Crippen LogP contribution is -2.32. The molecule has 0 aromatic heterocycles. The predicted molar refractivity (Wildman–Crippen MR) is 82.8 cm³/mol. The molecule has 3 nitrogen and oxygen atoms in total. The zero-order chi connectivity index (χ0) is 15.8. The van der Waals surface area contributed by atoms with Gasteiger partial charge in [0, 0.05) is 12.3 Å². The third-order valence-electron chi connectivity index (χ3n) is 4.08. The third kappa shape index (κ3) is 5.08. The Bertz CT molecular complexity index is 504. The Kier molecular flexibility index (Phi) is 6.82. The summed E-state index contributed by atoms with van der Waals surface area (Å²) >= 11 is 0. The first-order chi connectivity index (χ1) is 10.7. The van der Waals surface area contributed by atoms with E-state index >= 15 is 0 Å². The van der Waals surface area contributed by atoms with E-state index in [0.717, 1.165) is 19.6 Å². The van der Waals surface area contributed by atoms with Crippen molar-refractivity contribution in [2.45, 2.75) is 51.7 Å². The van der Waals surface area contributed by atoms with Gasteiger partial charge in [0.1, 0.15) is 5.82 Å². The molecule has 1 aliphatic heterocycles. The van der Waals surface area contributed by atoms with Crippen molar-refractivity contribution in [3.05, 3.63) is 35.1 Å². The number of hydrogen-bond acceptors (Lipinski definition) is 3. The van der Waals surface area contributed by atoms with Crippen LogP contribution in [-0.2, 0) is 15.9 Å². The van der Waals surface area contributed by atoms with Gasteiger partial charge in [-0.25, -0.2) is 4.39 Å². The van der Waals surface area contributed by atoms with Gasteiger partial charge in [0.2, 0.25) is 0 Å². The number of rotatable bonds is 7. The minimum atomic E-state index is -0.327. The number of halogens is 1. The highest BCUT2D eigenvalue weighted by Gasteiger charge is 2.22. The van der Waals surface area contributed by atoms with Crippen molar-refractivity contribution in [2.24, 2.45) is 5.92 Å². The summed E-state index contributed by atoms with van der Waals surface area (Å²) in [7, 11) is 0. The van der Waals surface area contributed by atoms with Gasteiger partial charge in [0.05, 0.1) is 24.8 Å². The molecule has 1 aromatic carbocycles. The standard InChI is InChI=1S/C18H24FNO2/c1-2-3-4-5-15-12-21-18(22-13-15)9-8-16-7-6-14(11-20)10-17(16)19/h6-7,10,15,18H,2-5,8-9,12-13H2,1H3. The lowest BCUT2D eigenvalue weighted by Gasteiger charge is -2.29. The molecule has 0 unspecified atom stereocenters. The minimum Gasteiger partial charge on any atom is -0.352 e. The van der Waals surface area contributed by atoms with Crippen LogP contribution in [0.5, 0.6) is 0 Å². The maximum atomic E-state index is 13.8. The molecule has 1 aromatic rings. The Balaban J connectivity index is 1.72. The van der Waals surface area contributed by atoms with Gasteiger partial charge in [-0.3, -0.25) is 0 Å². The van der Waals surface area contributed by atoms with E-state index < -0.39 is 0 Å². The number of benzene rings is 1. The van der Waals surface area contributed by atoms with Crippen LogP contribution in [0.4, 0.5) is 4.39 Å². The van der Waals surface area contributed by atoms with Crippen molar-refractivity contribution >= 4 is 0 Å². The molecule has 1 heterocycles. The largest absolute Gasteiger partial charge is 0.352 e. The molecule has 0 aliphatic carbocycles. The zero-order valence-corrected chi connectivity index (χ0v) is 13.2. The molecule has 0 amide bonds. The topological polar surface area (TPSA) is 42.2 Å². The second-order valence-electron chi connectivity index (χ2n) is 5.91. The van der Waals surface area contributed by atoms with Gasteiger partial charge in [0.15, 0.2) is 6.29 Å². The Morgan fingerprint density at radius 2 is 2.00 bits per heavy atom. The monoisotopic (exact) mass is 305 g/mol. The van der Waals surface area contributed by atoms with Crippen LogP contribution in [0.1, 0.15) is 50.2 Å². The van der Waals surface area contributed by atoms with Crippen LogP contribution in [-0.4, -0.2) is 19.5 Å². The van der Waals surface area contributed by atoms with Crippen LogP contribution in [0, 0.1) is 23.1 Å². The normalized spacial score (nSPS) is 21.5. The van der Waals surface area contributed by atoms with Gasteiger partial charge >= 0.3 is 0 Å². The quantitative estimate of drug-likeness (QED) is 0.709. The molecule has 22 heavy (non-hydrogen) atoms. The number of unbranched alkanes of at least 4 members (excludes halogenated alkanes) is 2. The van der Waals surface area contributed by atoms with E-state index in [2.05, 4.69) is 6.92 Å². The highest BCUT2D eigenvalue weighted by Crippen LogP contribution is 2.21. The molecule has 1 saturated heterocycles. The van der Waals surface area contributed by atoms with Crippen LogP contribution in [0.15, 0.2) is 18.2 Å². The van der Waals surface area contributed by atoms with E-state index in [0.29, 0.717) is 29.9 Å². The molecule has 0 radical (unpaired) electrons. The number of hydrogen-bond donors (Lipinski definition) is 0. The maximum absolute atomic E-state index is 13.8. The molecular weight excluding hydrogens is 281 g/mol. The first-order valence-electron chi connectivity index (χ1n) is 8.14. The molecule has 0 atom stereocenters. The zero-order valence-electron chi connectivity index (χ0n) is 13.2. The highest BCUT2D eigenvalue weighted by atomic mass is 19.1. The highest BCUT2D eigenvalue weighted by molar-refractivity contribution is 5.32. The van der Waals surface area contributed by atoms with Gasteiger partial charge in [-0.15, -0.1) is 0 Å². The van der Waals surface area contributed by atoms with Crippen molar-refractivity contribution < 1.29 is 13.9 Å². The molecule has 1 fully saturated rings. The van der Waals surface area contributed by atoms with Crippen LogP contribution >= 0.6 is 0 Å². The lowest BCUT2D eigenvalue weighted by molar-refractivity contribution is -0.203. The number of aryl methyl sites for hydroxylation is 1. The average molecular weight is 305 g/mol. The third-order valence-corrected chi connectivity index (χ3v) is 4.08. The van der Waals surface area contributed by atoms with E-state index in [1.165, 1.54) is 25.3 Å². The van der Waals surface area contributed by atoms with Gasteiger partial charge in [-0.05, 0) is 30.5 Å². The second-order valence-corrected chi connectivity index (χ2v) is 5.91. The molecule has 1 aliphatic rings.